The Hall–Kier alpha value is -1.06. The Bertz CT molecular complexity index is 528. The van der Waals surface area contributed by atoms with Gasteiger partial charge in [0, 0.05) is 0 Å². The third-order valence-corrected chi connectivity index (χ3v) is 5.81. The fourth-order valence-electron chi connectivity index (χ4n) is 4.84. The average Bonchev–Trinajstić information content (AvgIpc) is 2.74. The van der Waals surface area contributed by atoms with Gasteiger partial charge in [0.25, 0.3) is 0 Å². The van der Waals surface area contributed by atoms with Crippen molar-refractivity contribution in [2.75, 3.05) is 0 Å². The number of hydrogen-bond donors (Lipinski definition) is 3. The van der Waals surface area contributed by atoms with Crippen LogP contribution >= 0.6 is 0 Å². The van der Waals surface area contributed by atoms with Crippen LogP contribution in [0.1, 0.15) is 38.5 Å². The minimum absolute atomic E-state index is 0.124. The average molecular weight is 274 g/mol. The highest BCUT2D eigenvalue weighted by Crippen LogP contribution is 2.52. The normalized spacial score (nSPS) is 43.4. The van der Waals surface area contributed by atoms with Crippen molar-refractivity contribution in [1.82, 2.24) is 0 Å². The van der Waals surface area contributed by atoms with Crippen LogP contribution < -0.4 is 0 Å². The van der Waals surface area contributed by atoms with E-state index in [0.29, 0.717) is 24.2 Å². The summed E-state index contributed by atoms with van der Waals surface area (Å²) in [4.78, 5) is 0. The van der Waals surface area contributed by atoms with Crippen LogP contribution in [0.5, 0.6) is 0 Å². The molecule has 0 radical (unpaired) electrons. The molecule has 3 N–H and O–H groups in total. The molecule has 1 saturated carbocycles. The molecular weight excluding hydrogens is 252 g/mol. The van der Waals surface area contributed by atoms with Gasteiger partial charge in [0.05, 0.1) is 6.10 Å². The number of aliphatic hydroxyl groups excluding tert-OH is 3. The molecule has 0 aromatic heterocycles. The van der Waals surface area contributed by atoms with Gasteiger partial charge in [-0.2, -0.15) is 0 Å². The molecule has 0 bridgehead atoms. The Morgan fingerprint density at radius 3 is 2.55 bits per heavy atom. The van der Waals surface area contributed by atoms with Crippen molar-refractivity contribution in [2.24, 2.45) is 17.8 Å². The summed E-state index contributed by atoms with van der Waals surface area (Å²) in [5.41, 5.74) is 3.95. The van der Waals surface area contributed by atoms with Crippen molar-refractivity contribution >= 4 is 0 Å². The summed E-state index contributed by atoms with van der Waals surface area (Å²) in [6.45, 7) is 0. The second-order valence-corrected chi connectivity index (χ2v) is 6.82. The van der Waals surface area contributed by atoms with Gasteiger partial charge in [-0.05, 0) is 67.4 Å². The second-order valence-electron chi connectivity index (χ2n) is 6.82. The fraction of sp³-hybridized carbons (Fsp3) is 0.647. The molecule has 0 aliphatic heterocycles. The zero-order valence-electron chi connectivity index (χ0n) is 11.6. The molecule has 0 aromatic carbocycles. The van der Waals surface area contributed by atoms with E-state index in [-0.39, 0.29) is 11.9 Å². The van der Waals surface area contributed by atoms with Crippen LogP contribution in [0.4, 0.5) is 0 Å². The van der Waals surface area contributed by atoms with E-state index in [9.17, 15) is 15.3 Å². The SMILES string of the molecule is OC1=C2C=CC3=C4CCC(O)CC4CCC3C2CC1O. The van der Waals surface area contributed by atoms with Crippen LogP contribution in [0, 0.1) is 17.8 Å². The molecule has 5 atom stereocenters. The molecule has 4 rings (SSSR count). The quantitative estimate of drug-likeness (QED) is 0.636. The molecule has 0 saturated heterocycles. The van der Waals surface area contributed by atoms with E-state index < -0.39 is 6.10 Å². The van der Waals surface area contributed by atoms with Gasteiger partial charge in [0.2, 0.25) is 0 Å². The van der Waals surface area contributed by atoms with E-state index in [1.807, 2.05) is 6.08 Å². The first kappa shape index (κ1) is 12.7. The molecule has 0 heterocycles. The molecule has 3 heteroatoms. The molecule has 0 aromatic rings. The number of hydrogen-bond acceptors (Lipinski definition) is 3. The fourth-order valence-corrected chi connectivity index (χ4v) is 4.84. The number of fused-ring (bicyclic) bond motifs is 4. The minimum atomic E-state index is -0.671. The molecule has 5 unspecified atom stereocenters. The predicted molar refractivity (Wildman–Crippen MR) is 76.0 cm³/mol. The monoisotopic (exact) mass is 274 g/mol. The molecule has 108 valence electrons. The zero-order valence-corrected chi connectivity index (χ0v) is 11.6. The lowest BCUT2D eigenvalue weighted by molar-refractivity contribution is 0.110. The third kappa shape index (κ3) is 1.73. The zero-order chi connectivity index (χ0) is 13.9. The van der Waals surface area contributed by atoms with Crippen molar-refractivity contribution in [1.29, 1.82) is 0 Å². The van der Waals surface area contributed by atoms with Crippen LogP contribution in [-0.4, -0.2) is 27.5 Å². The van der Waals surface area contributed by atoms with Crippen LogP contribution in [-0.2, 0) is 0 Å². The molecule has 3 nitrogen and oxygen atoms in total. The Morgan fingerprint density at radius 1 is 0.900 bits per heavy atom. The highest BCUT2D eigenvalue weighted by Gasteiger charge is 2.43. The van der Waals surface area contributed by atoms with Crippen LogP contribution in [0.25, 0.3) is 0 Å². The van der Waals surface area contributed by atoms with E-state index in [0.717, 1.165) is 37.7 Å². The van der Waals surface area contributed by atoms with Gasteiger partial charge in [0.15, 0.2) is 0 Å². The standard InChI is InChI=1S/C17H22O3/c18-10-2-4-11-9(7-10)1-3-13-12(11)5-6-14-15(13)8-16(19)17(14)20/h5-6,9-10,13,15-16,18-20H,1-4,7-8H2. The van der Waals surface area contributed by atoms with Gasteiger partial charge >= 0.3 is 0 Å². The van der Waals surface area contributed by atoms with Crippen LogP contribution in [0.15, 0.2) is 34.6 Å². The Morgan fingerprint density at radius 2 is 1.70 bits per heavy atom. The van der Waals surface area contributed by atoms with Gasteiger partial charge in [-0.15, -0.1) is 0 Å². The van der Waals surface area contributed by atoms with Crippen molar-refractivity contribution in [3.8, 4) is 0 Å². The molecule has 4 aliphatic carbocycles. The summed E-state index contributed by atoms with van der Waals surface area (Å²) in [6.07, 6.45) is 9.15. The Kier molecular flexibility index (Phi) is 2.83. The lowest BCUT2D eigenvalue weighted by atomic mass is 9.64. The maximum absolute atomic E-state index is 9.98. The predicted octanol–water partition coefficient (Wildman–Crippen LogP) is 2.62. The summed E-state index contributed by atoms with van der Waals surface area (Å²) in [5, 5.41) is 29.7. The topological polar surface area (TPSA) is 60.7 Å². The Labute approximate surface area is 119 Å². The second kappa shape index (κ2) is 4.47. The maximum atomic E-state index is 9.98. The minimum Gasteiger partial charge on any atom is -0.509 e. The first-order valence-corrected chi connectivity index (χ1v) is 7.85. The lowest BCUT2D eigenvalue weighted by Crippen LogP contribution is -2.31. The van der Waals surface area contributed by atoms with Crippen LogP contribution in [0.3, 0.4) is 0 Å². The van der Waals surface area contributed by atoms with Gasteiger partial charge in [-0.25, -0.2) is 0 Å². The van der Waals surface area contributed by atoms with Crippen LogP contribution in [0.2, 0.25) is 0 Å². The molecule has 1 fully saturated rings. The highest BCUT2D eigenvalue weighted by molar-refractivity contribution is 5.46. The molecule has 20 heavy (non-hydrogen) atoms. The Balaban J connectivity index is 1.73. The van der Waals surface area contributed by atoms with E-state index in [1.165, 1.54) is 5.57 Å². The molecule has 4 aliphatic rings. The number of rotatable bonds is 0. The number of allylic oxidation sites excluding steroid dienone is 5. The molecular formula is C17H22O3. The van der Waals surface area contributed by atoms with E-state index in [1.54, 1.807) is 5.57 Å². The maximum Gasteiger partial charge on any atom is 0.124 e. The summed E-state index contributed by atoms with van der Waals surface area (Å²) >= 11 is 0. The largest absolute Gasteiger partial charge is 0.509 e. The third-order valence-electron chi connectivity index (χ3n) is 5.81. The summed E-state index contributed by atoms with van der Waals surface area (Å²) in [5.74, 6) is 1.51. The van der Waals surface area contributed by atoms with Gasteiger partial charge in [-0.1, -0.05) is 17.7 Å². The summed E-state index contributed by atoms with van der Waals surface area (Å²) in [6, 6.07) is 0. The van der Waals surface area contributed by atoms with Crippen molar-refractivity contribution < 1.29 is 15.3 Å². The van der Waals surface area contributed by atoms with Gasteiger partial charge in [0.1, 0.15) is 11.9 Å². The summed E-state index contributed by atoms with van der Waals surface area (Å²) in [7, 11) is 0. The van der Waals surface area contributed by atoms with Crippen molar-refractivity contribution in [2.45, 2.75) is 50.7 Å². The van der Waals surface area contributed by atoms with Crippen molar-refractivity contribution in [3.63, 3.8) is 0 Å². The first-order chi connectivity index (χ1) is 9.65. The van der Waals surface area contributed by atoms with E-state index in [2.05, 4.69) is 6.08 Å². The van der Waals surface area contributed by atoms with E-state index in [4.69, 9.17) is 0 Å². The number of aliphatic hydroxyl groups is 3. The molecule has 0 spiro atoms. The highest BCUT2D eigenvalue weighted by atomic mass is 16.3. The summed E-state index contributed by atoms with van der Waals surface area (Å²) < 4.78 is 0. The first-order valence-electron chi connectivity index (χ1n) is 7.85. The smallest absolute Gasteiger partial charge is 0.124 e. The van der Waals surface area contributed by atoms with Gasteiger partial charge in [-0.3, -0.25) is 0 Å². The lowest BCUT2D eigenvalue weighted by Gasteiger charge is -2.41. The van der Waals surface area contributed by atoms with Crippen molar-refractivity contribution in [3.05, 3.63) is 34.6 Å². The van der Waals surface area contributed by atoms with Gasteiger partial charge < -0.3 is 15.3 Å². The molecule has 0 amide bonds. The van der Waals surface area contributed by atoms with E-state index >= 15 is 0 Å².